The van der Waals surface area contributed by atoms with Gasteiger partial charge in [0.15, 0.2) is 18.9 Å². The van der Waals surface area contributed by atoms with Gasteiger partial charge in [0.25, 0.3) is 0 Å². The molecule has 0 radical (unpaired) electrons. The van der Waals surface area contributed by atoms with Crippen LogP contribution in [0.2, 0.25) is 0 Å². The Bertz CT molecular complexity index is 2180. The molecule has 23 nitrogen and oxygen atoms in total. The highest BCUT2D eigenvalue weighted by Gasteiger charge is 2.70. The van der Waals surface area contributed by atoms with Crippen molar-refractivity contribution in [2.45, 2.75) is 197 Å². The van der Waals surface area contributed by atoms with Crippen LogP contribution >= 0.6 is 0 Å². The van der Waals surface area contributed by atoms with Gasteiger partial charge in [0.1, 0.15) is 72.6 Å². The van der Waals surface area contributed by atoms with Gasteiger partial charge in [-0.2, -0.15) is 8.42 Å². The summed E-state index contributed by atoms with van der Waals surface area (Å²) in [5.74, 6) is -1.48. The molecule has 8 aliphatic rings. The fourth-order valence-corrected chi connectivity index (χ4v) is 15.3. The zero-order chi connectivity index (χ0) is 53.1. The van der Waals surface area contributed by atoms with Crippen molar-refractivity contribution in [1.29, 1.82) is 0 Å². The topological polar surface area (TPSA) is 379 Å². The highest BCUT2D eigenvalue weighted by Crippen LogP contribution is 2.74. The third-order valence-electron chi connectivity index (χ3n) is 19.3. The molecule has 8 rings (SSSR count). The molecule has 0 aromatic carbocycles. The molecule has 3 saturated heterocycles. The number of carboxylic acid groups (broad SMARTS) is 1. The molecule has 0 spiro atoms. The Morgan fingerprint density at radius 3 is 1.93 bits per heavy atom. The molecule has 3 saturated carbocycles. The second kappa shape index (κ2) is 19.9. The van der Waals surface area contributed by atoms with Gasteiger partial charge in [0, 0.05) is 17.4 Å². The van der Waals surface area contributed by atoms with Gasteiger partial charge in [0.2, 0.25) is 0 Å². The number of ether oxygens (including phenoxy) is 6. The first-order valence-electron chi connectivity index (χ1n) is 25.0. The van der Waals surface area contributed by atoms with Gasteiger partial charge in [-0.05, 0) is 97.5 Å². The number of carbonyl (C=O) groups is 1. The first-order valence-corrected chi connectivity index (χ1v) is 26.3. The predicted molar refractivity (Wildman–Crippen MR) is 244 cm³/mol. The fourth-order valence-electron chi connectivity index (χ4n) is 14.8. The third-order valence-corrected chi connectivity index (χ3v) is 19.8. The number of aliphatic carboxylic acids is 1. The van der Waals surface area contributed by atoms with Crippen molar-refractivity contribution in [1.82, 2.24) is 0 Å². The summed E-state index contributed by atoms with van der Waals surface area (Å²) in [6.45, 7) is 9.40. The van der Waals surface area contributed by atoms with Crippen LogP contribution in [0.5, 0.6) is 0 Å². The van der Waals surface area contributed by atoms with Crippen LogP contribution in [-0.4, -0.2) is 211 Å². The van der Waals surface area contributed by atoms with E-state index < -0.39 is 173 Å². The van der Waals surface area contributed by atoms with E-state index in [2.05, 4.69) is 31.0 Å². The largest absolute Gasteiger partial charge is 0.481 e. The normalized spacial score (nSPS) is 52.7. The number of aliphatic hydroxyl groups is 11. The quantitative estimate of drug-likeness (QED) is 0.0729. The molecule has 0 bridgehead atoms. The van der Waals surface area contributed by atoms with E-state index in [1.165, 1.54) is 6.92 Å². The lowest BCUT2D eigenvalue weighted by Crippen LogP contribution is -2.68. The minimum absolute atomic E-state index is 0.135. The summed E-state index contributed by atoms with van der Waals surface area (Å²) in [6.07, 6.45) is -21.9. The summed E-state index contributed by atoms with van der Waals surface area (Å²) >= 11 is 0. The molecule has 0 aromatic rings. The molecule has 6 fully saturated rings. The predicted octanol–water partition coefficient (Wildman–Crippen LogP) is -1.60. The van der Waals surface area contributed by atoms with E-state index in [9.17, 15) is 79.0 Å². The smallest absolute Gasteiger partial charge is 0.397 e. The zero-order valence-electron chi connectivity index (χ0n) is 41.4. The van der Waals surface area contributed by atoms with E-state index in [0.29, 0.717) is 44.1 Å². The van der Waals surface area contributed by atoms with E-state index in [4.69, 9.17) is 28.4 Å². The van der Waals surface area contributed by atoms with Crippen LogP contribution in [0, 0.1) is 44.3 Å². The summed E-state index contributed by atoms with van der Waals surface area (Å²) in [5.41, 5.74) is -3.27. The van der Waals surface area contributed by atoms with Crippen LogP contribution in [0.15, 0.2) is 23.3 Å². The minimum Gasteiger partial charge on any atom is -0.481 e. The molecule has 24 heteroatoms. The van der Waals surface area contributed by atoms with Gasteiger partial charge in [-0.3, -0.25) is 9.35 Å². The summed E-state index contributed by atoms with van der Waals surface area (Å²) in [6, 6.07) is 0. The zero-order valence-corrected chi connectivity index (χ0v) is 42.2. The number of fused-ring (bicyclic) bond motifs is 6. The number of hydrogen-bond acceptors (Lipinski definition) is 21. The Balaban J connectivity index is 1.12. The summed E-state index contributed by atoms with van der Waals surface area (Å²) in [4.78, 5) is 13.2. The maximum Gasteiger partial charge on any atom is 0.397 e. The monoisotopic (exact) mass is 1050 g/mol. The van der Waals surface area contributed by atoms with Crippen molar-refractivity contribution in [3.8, 4) is 0 Å². The number of carboxylic acids is 1. The molecule has 0 aromatic heterocycles. The van der Waals surface area contributed by atoms with E-state index in [-0.39, 0.29) is 31.3 Å². The number of allylic oxidation sites excluding steroid dienone is 3. The lowest BCUT2D eigenvalue weighted by atomic mass is 9.35. The van der Waals surface area contributed by atoms with Gasteiger partial charge in [-0.25, -0.2) is 4.18 Å². The SMILES string of the molecule is C[C@H]1O[C@@H](O[C@H]2CC[C@@]3(C)[C@H](CC[C@]4(C)[C@@H]3C=CC3=C5C[C@](C)(CO)CC[C@]5(C(=O)O)[C@H](O)C[C@]34C)[C@]2(C)CO)[C@H](O[C@@H]2O[C@H](CO)[C@@H](O)[C@H](O)[C@H]2O)[C@@H](O[C@@H]2O[C@H](CO)[C@@H](OS(=O)(=O)O)[C@H](O)[C@H]2O)[C@H]1O. The molecule has 72 heavy (non-hydrogen) atoms. The van der Waals surface area contributed by atoms with Crippen molar-refractivity contribution in [3.63, 3.8) is 0 Å². The number of hydrogen-bond donors (Lipinski definition) is 13. The molecule has 3 aliphatic heterocycles. The van der Waals surface area contributed by atoms with Crippen LogP contribution in [0.4, 0.5) is 0 Å². The lowest BCUT2D eigenvalue weighted by molar-refractivity contribution is -0.397. The molecule has 25 atom stereocenters. The summed E-state index contributed by atoms with van der Waals surface area (Å²) in [7, 11) is -5.25. The molecule has 412 valence electrons. The summed E-state index contributed by atoms with van der Waals surface area (Å²) in [5, 5.41) is 132. The second-order valence-corrected chi connectivity index (χ2v) is 24.4. The second-order valence-electron chi connectivity index (χ2n) is 23.3. The van der Waals surface area contributed by atoms with Gasteiger partial charge in [-0.1, -0.05) is 46.8 Å². The fraction of sp³-hybridized carbons (Fsp3) is 0.896. The van der Waals surface area contributed by atoms with E-state index in [0.717, 1.165) is 5.57 Å². The average Bonchev–Trinajstić information content (AvgIpc) is 3.32. The molecule has 5 aliphatic carbocycles. The molecule has 3 heterocycles. The maximum atomic E-state index is 13.2. The van der Waals surface area contributed by atoms with Crippen molar-refractivity contribution in [2.75, 3.05) is 26.4 Å². The number of rotatable bonds is 13. The van der Waals surface area contributed by atoms with Crippen molar-refractivity contribution in [2.24, 2.45) is 44.3 Å². The van der Waals surface area contributed by atoms with Gasteiger partial charge in [0.05, 0.1) is 38.1 Å². The molecule has 0 amide bonds. The van der Waals surface area contributed by atoms with Crippen molar-refractivity contribution in [3.05, 3.63) is 23.3 Å². The lowest BCUT2D eigenvalue weighted by Gasteiger charge is -2.70. The standard InChI is InChI=1S/C48H76O23S/c1-21-30(54)37(69-40-35(59)33(57)36(25(18-50)67-40)71-72(62,63)64)38(70-39-34(58)32(56)31(55)24(17-49)66-39)41(65-21)68-29-10-11-44(3)26(45(29,4)20-52)9-12-46(5)27(44)8-7-22-23-15-43(2,19-51)13-14-48(23,42(60)61)28(53)16-47(22,46)6/h7-8,21,24-41,49-59H,9-20H2,1-6H3,(H,60,61)(H,62,63,64)/t21-,24-,25-,26+,27-,28-,29+,30+,31-,32+,33-,34-,35-,36-,37+,38-,39+,40+,41+,43-,44+,45+,46-,47-,48-/m1/s1. The van der Waals surface area contributed by atoms with E-state index in [1.54, 1.807) is 0 Å². The van der Waals surface area contributed by atoms with Crippen LogP contribution in [0.1, 0.15) is 92.9 Å². The van der Waals surface area contributed by atoms with Gasteiger partial charge in [-0.15, -0.1) is 0 Å². The molecular weight excluding hydrogens is 977 g/mol. The van der Waals surface area contributed by atoms with Gasteiger partial charge >= 0.3 is 16.4 Å². The highest BCUT2D eigenvalue weighted by atomic mass is 32.3. The van der Waals surface area contributed by atoms with Crippen LogP contribution in [0.25, 0.3) is 0 Å². The number of aliphatic hydroxyl groups excluding tert-OH is 11. The Kier molecular flexibility index (Phi) is 15.5. The highest BCUT2D eigenvalue weighted by molar-refractivity contribution is 7.80. The van der Waals surface area contributed by atoms with E-state index >= 15 is 0 Å². The maximum absolute atomic E-state index is 13.2. The first-order chi connectivity index (χ1) is 33.5. The Hall–Kier alpha value is -1.86. The van der Waals surface area contributed by atoms with Crippen molar-refractivity contribution >= 4 is 16.4 Å². The minimum atomic E-state index is -5.25. The molecule has 13 N–H and O–H groups in total. The average molecular weight is 1050 g/mol. The van der Waals surface area contributed by atoms with E-state index in [1.807, 2.05) is 19.9 Å². The van der Waals surface area contributed by atoms with Crippen LogP contribution in [-0.2, 0) is 47.8 Å². The molecule has 0 unspecified atom stereocenters. The summed E-state index contributed by atoms with van der Waals surface area (Å²) < 4.78 is 73.9. The van der Waals surface area contributed by atoms with Gasteiger partial charge < -0.3 is 89.7 Å². The third kappa shape index (κ3) is 8.87. The van der Waals surface area contributed by atoms with Crippen LogP contribution < -0.4 is 0 Å². The van der Waals surface area contributed by atoms with Crippen molar-refractivity contribution < 1.29 is 112 Å². The Morgan fingerprint density at radius 2 is 1.33 bits per heavy atom. The molecular formula is C48H76O23S. The Morgan fingerprint density at radius 1 is 0.708 bits per heavy atom. The first kappa shape index (κ1) is 56.3. The van der Waals surface area contributed by atoms with Crippen LogP contribution in [0.3, 0.4) is 0 Å². The Labute approximate surface area is 418 Å².